The third-order valence-corrected chi connectivity index (χ3v) is 2.70. The number of rotatable bonds is 2. The normalized spacial score (nSPS) is 17.3. The zero-order valence-electron chi connectivity index (χ0n) is 6.80. The molecule has 0 fully saturated rings. The highest BCUT2D eigenvalue weighted by atomic mass is 35.5. The van der Waals surface area contributed by atoms with Gasteiger partial charge in [0.2, 0.25) is 5.88 Å². The summed E-state index contributed by atoms with van der Waals surface area (Å²) in [6, 6.07) is 0. The second-order valence-electron chi connectivity index (χ2n) is 2.35. The zero-order chi connectivity index (χ0) is 8.97. The second kappa shape index (κ2) is 4.62. The Kier molecular flexibility index (Phi) is 3.75. The average Bonchev–Trinajstić information content (AvgIpc) is 2.07. The molecule has 0 saturated carbocycles. The van der Waals surface area contributed by atoms with Crippen molar-refractivity contribution in [2.45, 2.75) is 13.3 Å². The fourth-order valence-electron chi connectivity index (χ4n) is 0.705. The molecule has 0 saturated heterocycles. The summed E-state index contributed by atoms with van der Waals surface area (Å²) in [6.45, 7) is 2.48. The van der Waals surface area contributed by atoms with Gasteiger partial charge in [-0.1, -0.05) is 30.3 Å². The van der Waals surface area contributed by atoms with Crippen LogP contribution < -0.4 is 5.32 Å². The highest BCUT2D eigenvalue weighted by molar-refractivity contribution is 8.13. The molecule has 0 aromatic carbocycles. The van der Waals surface area contributed by atoms with Crippen molar-refractivity contribution in [1.29, 1.82) is 0 Å². The summed E-state index contributed by atoms with van der Waals surface area (Å²) >= 11 is 7.21. The summed E-state index contributed by atoms with van der Waals surface area (Å²) in [4.78, 5) is 4.12. The van der Waals surface area contributed by atoms with E-state index in [1.54, 1.807) is 11.8 Å². The Hall–Kier alpha value is -0.350. The minimum Gasteiger partial charge on any atom is -0.494 e. The summed E-state index contributed by atoms with van der Waals surface area (Å²) in [5.41, 5.74) is 0. The molecule has 0 unspecified atom stereocenters. The lowest BCUT2D eigenvalue weighted by Gasteiger charge is -2.13. The Bertz CT molecular complexity index is 227. The van der Waals surface area contributed by atoms with E-state index < -0.39 is 0 Å². The van der Waals surface area contributed by atoms with Gasteiger partial charge < -0.3 is 10.4 Å². The molecule has 2 N–H and O–H groups in total. The van der Waals surface area contributed by atoms with Crippen molar-refractivity contribution < 1.29 is 5.11 Å². The van der Waals surface area contributed by atoms with E-state index in [4.69, 9.17) is 11.6 Å². The van der Waals surface area contributed by atoms with E-state index in [0.29, 0.717) is 11.6 Å². The summed E-state index contributed by atoms with van der Waals surface area (Å²) in [7, 11) is 0. The average molecular weight is 207 g/mol. The standard InChI is InChI=1S/C7H11ClN2OS/c1-2-3-12-7-9-4-5(8)6(11)10-7/h11H,2-4H2,1H3,(H,9,10). The maximum Gasteiger partial charge on any atom is 0.207 e. The Labute approximate surface area is 80.9 Å². The van der Waals surface area contributed by atoms with Gasteiger partial charge in [-0.3, -0.25) is 4.99 Å². The highest BCUT2D eigenvalue weighted by Crippen LogP contribution is 2.14. The van der Waals surface area contributed by atoms with Crippen LogP contribution in [0, 0.1) is 0 Å². The van der Waals surface area contributed by atoms with E-state index in [2.05, 4.69) is 17.2 Å². The number of nitrogens with one attached hydrogen (secondary N) is 1. The van der Waals surface area contributed by atoms with Crippen molar-refractivity contribution in [3.8, 4) is 0 Å². The van der Waals surface area contributed by atoms with Gasteiger partial charge in [-0.2, -0.15) is 0 Å². The molecular weight excluding hydrogens is 196 g/mol. The fraction of sp³-hybridized carbons (Fsp3) is 0.571. The van der Waals surface area contributed by atoms with Crippen molar-refractivity contribution >= 4 is 28.5 Å². The predicted octanol–water partition coefficient (Wildman–Crippen LogP) is 2.05. The van der Waals surface area contributed by atoms with Crippen LogP contribution in [0.25, 0.3) is 0 Å². The Balaban J connectivity index is 2.41. The van der Waals surface area contributed by atoms with E-state index in [-0.39, 0.29) is 5.88 Å². The summed E-state index contributed by atoms with van der Waals surface area (Å²) in [5.74, 6) is 1.03. The number of aliphatic hydroxyl groups excluding tert-OH is 1. The van der Waals surface area contributed by atoms with Crippen LogP contribution in [-0.2, 0) is 0 Å². The van der Waals surface area contributed by atoms with E-state index in [9.17, 15) is 5.11 Å². The van der Waals surface area contributed by atoms with Gasteiger partial charge in [-0.15, -0.1) is 0 Å². The van der Waals surface area contributed by atoms with Gasteiger partial charge in [-0.25, -0.2) is 0 Å². The molecule has 0 atom stereocenters. The third-order valence-electron chi connectivity index (χ3n) is 1.29. The number of nitrogens with zero attached hydrogens (tertiary/aromatic N) is 1. The molecule has 12 heavy (non-hydrogen) atoms. The summed E-state index contributed by atoms with van der Waals surface area (Å²) in [6.07, 6.45) is 1.09. The van der Waals surface area contributed by atoms with Gasteiger partial charge in [0.15, 0.2) is 5.17 Å². The van der Waals surface area contributed by atoms with Crippen LogP contribution in [0.15, 0.2) is 15.9 Å². The lowest BCUT2D eigenvalue weighted by molar-refractivity contribution is 0.382. The van der Waals surface area contributed by atoms with Crippen molar-refractivity contribution in [3.63, 3.8) is 0 Å². The number of thioether (sulfide) groups is 1. The summed E-state index contributed by atoms with van der Waals surface area (Å²) in [5, 5.41) is 13.0. The zero-order valence-corrected chi connectivity index (χ0v) is 8.37. The first kappa shape index (κ1) is 9.74. The quantitative estimate of drug-likeness (QED) is 0.727. The Morgan fingerprint density at radius 2 is 2.50 bits per heavy atom. The molecular formula is C7H11ClN2OS. The van der Waals surface area contributed by atoms with Crippen molar-refractivity contribution in [2.75, 3.05) is 12.3 Å². The molecule has 1 rings (SSSR count). The molecule has 3 nitrogen and oxygen atoms in total. The van der Waals surface area contributed by atoms with Crippen LogP contribution in [0.1, 0.15) is 13.3 Å². The van der Waals surface area contributed by atoms with Crippen LogP contribution in [0.4, 0.5) is 0 Å². The first-order valence-corrected chi connectivity index (χ1v) is 5.12. The first-order chi connectivity index (χ1) is 5.74. The molecule has 0 radical (unpaired) electrons. The lowest BCUT2D eigenvalue weighted by atomic mass is 10.5. The van der Waals surface area contributed by atoms with Crippen molar-refractivity contribution in [1.82, 2.24) is 5.32 Å². The molecule has 5 heteroatoms. The smallest absolute Gasteiger partial charge is 0.207 e. The van der Waals surface area contributed by atoms with Crippen molar-refractivity contribution in [2.24, 2.45) is 4.99 Å². The monoisotopic (exact) mass is 206 g/mol. The molecule has 0 amide bonds. The van der Waals surface area contributed by atoms with Gasteiger partial charge in [0.25, 0.3) is 0 Å². The number of halogens is 1. The van der Waals surface area contributed by atoms with Crippen LogP contribution >= 0.6 is 23.4 Å². The van der Waals surface area contributed by atoms with E-state index >= 15 is 0 Å². The van der Waals surface area contributed by atoms with Crippen LogP contribution in [0.5, 0.6) is 0 Å². The maximum absolute atomic E-state index is 9.19. The second-order valence-corrected chi connectivity index (χ2v) is 3.89. The molecule has 1 heterocycles. The molecule has 0 spiro atoms. The largest absolute Gasteiger partial charge is 0.494 e. The number of amidine groups is 1. The Morgan fingerprint density at radius 3 is 3.08 bits per heavy atom. The number of hydrogen-bond donors (Lipinski definition) is 2. The van der Waals surface area contributed by atoms with E-state index in [1.807, 2.05) is 0 Å². The lowest BCUT2D eigenvalue weighted by Crippen LogP contribution is -2.25. The maximum atomic E-state index is 9.19. The van der Waals surface area contributed by atoms with Gasteiger partial charge in [0, 0.05) is 5.75 Å². The molecule has 0 aliphatic carbocycles. The van der Waals surface area contributed by atoms with Gasteiger partial charge in [0.05, 0.1) is 11.6 Å². The number of aliphatic imine (C=N–C) groups is 1. The molecule has 0 bridgehead atoms. The third kappa shape index (κ3) is 2.60. The van der Waals surface area contributed by atoms with Gasteiger partial charge in [-0.05, 0) is 6.42 Å². The number of hydrogen-bond acceptors (Lipinski definition) is 4. The SMILES string of the molecule is CCCSC1=NCC(Cl)=C(O)N1. The fourth-order valence-corrected chi connectivity index (χ4v) is 1.53. The predicted molar refractivity (Wildman–Crippen MR) is 53.7 cm³/mol. The molecule has 0 aromatic rings. The first-order valence-electron chi connectivity index (χ1n) is 3.76. The Morgan fingerprint density at radius 1 is 1.75 bits per heavy atom. The van der Waals surface area contributed by atoms with Crippen LogP contribution in [0.3, 0.4) is 0 Å². The minimum absolute atomic E-state index is 0.0327. The molecule has 0 aromatic heterocycles. The van der Waals surface area contributed by atoms with E-state index in [1.165, 1.54) is 0 Å². The highest BCUT2D eigenvalue weighted by Gasteiger charge is 2.11. The molecule has 1 aliphatic heterocycles. The molecule has 68 valence electrons. The molecule has 1 aliphatic rings. The topological polar surface area (TPSA) is 44.6 Å². The van der Waals surface area contributed by atoms with Crippen LogP contribution in [0.2, 0.25) is 0 Å². The van der Waals surface area contributed by atoms with Gasteiger partial charge in [0.1, 0.15) is 0 Å². The summed E-state index contributed by atoms with van der Waals surface area (Å²) < 4.78 is 0. The van der Waals surface area contributed by atoms with Crippen LogP contribution in [-0.4, -0.2) is 22.6 Å². The minimum atomic E-state index is 0.0327. The van der Waals surface area contributed by atoms with E-state index in [0.717, 1.165) is 17.3 Å². The van der Waals surface area contributed by atoms with Gasteiger partial charge >= 0.3 is 0 Å². The van der Waals surface area contributed by atoms with Crippen molar-refractivity contribution in [3.05, 3.63) is 10.9 Å². The number of aliphatic hydroxyl groups is 1.